The summed E-state index contributed by atoms with van der Waals surface area (Å²) in [6.07, 6.45) is 6.42. The Labute approximate surface area is 442 Å². The summed E-state index contributed by atoms with van der Waals surface area (Å²) >= 11 is 6.55. The number of rotatable bonds is 20. The van der Waals surface area contributed by atoms with Gasteiger partial charge in [0.05, 0.1) is 23.7 Å². The van der Waals surface area contributed by atoms with Crippen LogP contribution in [0.2, 0.25) is 5.02 Å². The molecule has 19 nitrogen and oxygen atoms in total. The zero-order valence-corrected chi connectivity index (χ0v) is 43.7. The largest absolute Gasteiger partial charge is 0.504 e. The van der Waals surface area contributed by atoms with E-state index in [1.165, 1.54) is 5.56 Å². The molecular weight excluding hydrogens is 984 g/mol. The fourth-order valence-corrected chi connectivity index (χ4v) is 12.9. The maximum absolute atomic E-state index is 14.2. The van der Waals surface area contributed by atoms with Crippen molar-refractivity contribution in [3.8, 4) is 11.5 Å². The minimum absolute atomic E-state index is 0.00545. The first kappa shape index (κ1) is 54.0. The van der Waals surface area contributed by atoms with E-state index in [9.17, 15) is 39.0 Å². The number of piperidine rings is 3. The number of phenolic OH excluding ortho intramolecular Hbond substituents is 1. The van der Waals surface area contributed by atoms with Crippen LogP contribution in [-0.4, -0.2) is 170 Å². The average Bonchev–Trinajstić information content (AvgIpc) is 3.90. The van der Waals surface area contributed by atoms with Gasteiger partial charge in [0.2, 0.25) is 35.4 Å². The zero-order chi connectivity index (χ0) is 53.0. The number of aromatic hydroxyl groups is 1. The number of nitrogens with one attached hydrogen (secondary N) is 3. The molecule has 4 heterocycles. The minimum Gasteiger partial charge on any atom is -0.504 e. The number of likely N-dealkylation sites (N-methyl/N-ethyl adjacent to an activating group) is 1. The van der Waals surface area contributed by atoms with Crippen molar-refractivity contribution in [3.63, 3.8) is 0 Å². The highest BCUT2D eigenvalue weighted by Gasteiger charge is 2.72. The predicted molar refractivity (Wildman–Crippen MR) is 278 cm³/mol. The zero-order valence-electron chi connectivity index (χ0n) is 43.0. The van der Waals surface area contributed by atoms with Crippen LogP contribution in [0.15, 0.2) is 54.6 Å². The molecule has 0 radical (unpaired) electrons. The number of ether oxygens (including phenoxy) is 3. The van der Waals surface area contributed by atoms with Crippen molar-refractivity contribution in [1.29, 1.82) is 0 Å². The van der Waals surface area contributed by atoms with E-state index >= 15 is 0 Å². The van der Waals surface area contributed by atoms with Gasteiger partial charge in [-0.25, -0.2) is 0 Å². The van der Waals surface area contributed by atoms with Crippen molar-refractivity contribution in [1.82, 2.24) is 30.7 Å². The van der Waals surface area contributed by atoms with E-state index in [2.05, 4.69) is 25.8 Å². The molecule has 9 rings (SSSR count). The molecule has 7 N–H and O–H groups in total. The summed E-state index contributed by atoms with van der Waals surface area (Å²) in [6.45, 7) is 4.92. The Kier molecular flexibility index (Phi) is 16.7. The Morgan fingerprint density at radius 3 is 2.24 bits per heavy atom. The van der Waals surface area contributed by atoms with E-state index in [1.807, 2.05) is 55.3 Å². The highest BCUT2D eigenvalue weighted by atomic mass is 35.5. The number of aliphatic hydroxyl groups is 1. The second-order valence-corrected chi connectivity index (χ2v) is 21.8. The second kappa shape index (κ2) is 23.2. The van der Waals surface area contributed by atoms with Gasteiger partial charge in [0.25, 0.3) is 0 Å². The molecule has 5 atom stereocenters. The first-order chi connectivity index (χ1) is 36.0. The number of anilines is 1. The Balaban J connectivity index is 0.647. The molecule has 0 aromatic heterocycles. The van der Waals surface area contributed by atoms with Gasteiger partial charge in [-0.15, -0.1) is 0 Å². The number of aryl methyl sites for hydroxylation is 1. The minimum atomic E-state index is -1.09. The van der Waals surface area contributed by atoms with Crippen LogP contribution >= 0.6 is 11.6 Å². The van der Waals surface area contributed by atoms with E-state index < -0.39 is 66.6 Å². The fourth-order valence-electron chi connectivity index (χ4n) is 12.8. The third-order valence-electron chi connectivity index (χ3n) is 16.8. The SMILES string of the molecule is Cc1ccc(N(CCCN2CCC(Cc3ccc(C(N)=O)cc3)CC2)C(=O)C2CCN(C(=O)COCC(=O)NCNC(=O)COCC(=O)N[C@H]3CC[C@@]4(O)C5Cc6ccc(O)c7c6C4(CCN5C)[C@H]3O7)CC2)cc1Cl. The number of amides is 6. The summed E-state index contributed by atoms with van der Waals surface area (Å²) in [5.74, 6) is -1.61. The van der Waals surface area contributed by atoms with Crippen LogP contribution in [0.1, 0.15) is 84.0 Å². The summed E-state index contributed by atoms with van der Waals surface area (Å²) in [5.41, 5.74) is 8.81. The number of nitrogens with two attached hydrogens (primary N) is 1. The summed E-state index contributed by atoms with van der Waals surface area (Å²) in [7, 11) is 2.02. The van der Waals surface area contributed by atoms with Crippen molar-refractivity contribution in [2.75, 3.05) is 90.9 Å². The van der Waals surface area contributed by atoms with E-state index in [1.54, 1.807) is 23.1 Å². The molecule has 75 heavy (non-hydrogen) atoms. The summed E-state index contributed by atoms with van der Waals surface area (Å²) < 4.78 is 17.3. The summed E-state index contributed by atoms with van der Waals surface area (Å²) in [6, 6.07) is 16.2. The molecule has 1 saturated carbocycles. The number of carbonyl (C=O) groups excluding carboxylic acids is 6. The number of halogens is 1. The first-order valence-corrected chi connectivity index (χ1v) is 26.8. The van der Waals surface area contributed by atoms with Gasteiger partial charge in [0.15, 0.2) is 11.5 Å². The monoisotopic (exact) mass is 1050 g/mol. The lowest BCUT2D eigenvalue weighted by molar-refractivity contribution is -0.187. The Bertz CT molecular complexity index is 2620. The van der Waals surface area contributed by atoms with E-state index in [0.717, 1.165) is 74.2 Å². The normalized spacial score (nSPS) is 24.4. The van der Waals surface area contributed by atoms with Gasteiger partial charge < -0.3 is 65.7 Å². The third kappa shape index (κ3) is 11.5. The number of hydrogen-bond acceptors (Lipinski definition) is 13. The number of hydrogen-bond donors (Lipinski definition) is 6. The topological polar surface area (TPSA) is 246 Å². The summed E-state index contributed by atoms with van der Waals surface area (Å²) in [4.78, 5) is 85.0. The molecule has 404 valence electrons. The molecule has 20 heteroatoms. The van der Waals surface area contributed by atoms with Gasteiger partial charge in [-0.1, -0.05) is 35.9 Å². The van der Waals surface area contributed by atoms with Gasteiger partial charge in [0.1, 0.15) is 32.5 Å². The molecule has 3 aromatic carbocycles. The van der Waals surface area contributed by atoms with Gasteiger partial charge in [0, 0.05) is 53.4 Å². The van der Waals surface area contributed by atoms with Crippen molar-refractivity contribution < 1.29 is 53.2 Å². The van der Waals surface area contributed by atoms with Gasteiger partial charge >= 0.3 is 0 Å². The third-order valence-corrected chi connectivity index (χ3v) is 17.2. The van der Waals surface area contributed by atoms with Crippen LogP contribution in [0.5, 0.6) is 11.5 Å². The molecule has 2 unspecified atom stereocenters. The van der Waals surface area contributed by atoms with E-state index in [4.69, 9.17) is 31.5 Å². The average molecular weight is 1060 g/mol. The molecule has 2 bridgehead atoms. The second-order valence-electron chi connectivity index (χ2n) is 21.4. The molecule has 6 amide bonds. The maximum atomic E-state index is 14.2. The van der Waals surface area contributed by atoms with E-state index in [0.29, 0.717) is 80.4 Å². The molecule has 6 aliphatic rings. The number of primary amides is 1. The summed E-state index contributed by atoms with van der Waals surface area (Å²) in [5, 5.41) is 31.7. The number of likely N-dealkylation sites (tertiary alicyclic amines) is 3. The number of carbonyl (C=O) groups is 6. The smallest absolute Gasteiger partial charge is 0.248 e. The molecule has 3 aromatic rings. The standard InChI is InChI=1S/C55H71ClN8O11/c1-34-4-10-40(28-41(34)56)64(20-3-19-62-21-13-36(14-22-62)26-35-5-7-37(8-6-35)52(57)70)53(71)38-15-23-63(24-16-38)48(69)32-74-30-46(67)59-33-58-45(66)29-73-31-47(68)60-42-12-17-55(72)44-27-39-9-11-43(65)50-49(39)54(55,51(42)75-50)18-25-61(44)2/h4-11,28,36,38,42,44,51,65,72H,3,12-27,29-33H2,1-2H3,(H2,57,70)(H,58,66)(H,59,67)(H,60,68)/t42-,44?,51-,54?,55+/m0/s1. The van der Waals surface area contributed by atoms with Crippen LogP contribution < -0.4 is 31.3 Å². The lowest BCUT2D eigenvalue weighted by Crippen LogP contribution is -2.77. The highest BCUT2D eigenvalue weighted by molar-refractivity contribution is 6.31. The molecular formula is C55H71ClN8O11. The molecule has 2 aliphatic carbocycles. The van der Waals surface area contributed by atoms with E-state index in [-0.39, 0.29) is 42.8 Å². The van der Waals surface area contributed by atoms with Crippen molar-refractivity contribution in [2.24, 2.45) is 17.6 Å². The molecule has 1 spiro atoms. The Morgan fingerprint density at radius 2 is 1.55 bits per heavy atom. The Morgan fingerprint density at radius 1 is 0.853 bits per heavy atom. The van der Waals surface area contributed by atoms with Crippen LogP contribution in [0.4, 0.5) is 5.69 Å². The van der Waals surface area contributed by atoms with Crippen molar-refractivity contribution in [2.45, 2.75) is 100 Å². The number of nitrogens with zero attached hydrogens (tertiary/aromatic N) is 4. The van der Waals surface area contributed by atoms with Gasteiger partial charge in [-0.05, 0) is 157 Å². The van der Waals surface area contributed by atoms with Gasteiger partial charge in [-0.2, -0.15) is 0 Å². The van der Waals surface area contributed by atoms with Crippen LogP contribution in [-0.2, 0) is 51.7 Å². The quantitative estimate of drug-likeness (QED) is 0.0893. The predicted octanol–water partition coefficient (Wildman–Crippen LogP) is 2.56. The number of phenols is 1. The highest BCUT2D eigenvalue weighted by Crippen LogP contribution is 2.65. The fraction of sp³-hybridized carbons (Fsp3) is 0.564. The van der Waals surface area contributed by atoms with Crippen LogP contribution in [0.3, 0.4) is 0 Å². The maximum Gasteiger partial charge on any atom is 0.248 e. The van der Waals surface area contributed by atoms with Gasteiger partial charge in [-0.3, -0.25) is 28.8 Å². The Hall–Kier alpha value is -5.83. The lowest BCUT2D eigenvalue weighted by atomic mass is 9.48. The molecule has 3 saturated heterocycles. The molecule has 4 aliphatic heterocycles. The van der Waals surface area contributed by atoms with Crippen molar-refractivity contribution >= 4 is 52.7 Å². The van der Waals surface area contributed by atoms with Crippen LogP contribution in [0, 0.1) is 18.8 Å². The number of benzene rings is 3. The lowest BCUT2D eigenvalue weighted by Gasteiger charge is -2.63. The molecule has 4 fully saturated rings. The van der Waals surface area contributed by atoms with Crippen LogP contribution in [0.25, 0.3) is 0 Å². The van der Waals surface area contributed by atoms with Crippen molar-refractivity contribution in [3.05, 3.63) is 87.4 Å². The first-order valence-electron chi connectivity index (χ1n) is 26.4.